The molecule has 0 radical (unpaired) electrons. The third-order valence-corrected chi connectivity index (χ3v) is 1.97. The Hall–Kier alpha value is -1.63. The summed E-state index contributed by atoms with van der Waals surface area (Å²) in [5.74, 6) is -2.07. The van der Waals surface area contributed by atoms with E-state index in [4.69, 9.17) is 10.2 Å². The SMILES string of the molecule is CC(=O)N(C)CC(=O)N[C@H](CCO)C(=O)O. The Morgan fingerprint density at radius 1 is 1.38 bits per heavy atom. The van der Waals surface area contributed by atoms with Gasteiger partial charge in [-0.1, -0.05) is 0 Å². The van der Waals surface area contributed by atoms with Crippen molar-refractivity contribution in [2.75, 3.05) is 20.2 Å². The van der Waals surface area contributed by atoms with Crippen LogP contribution in [0.4, 0.5) is 0 Å². The molecule has 0 aliphatic heterocycles. The summed E-state index contributed by atoms with van der Waals surface area (Å²) < 4.78 is 0. The molecule has 0 aromatic heterocycles. The van der Waals surface area contributed by atoms with E-state index in [9.17, 15) is 14.4 Å². The fourth-order valence-corrected chi connectivity index (χ4v) is 0.953. The second-order valence-corrected chi connectivity index (χ2v) is 3.35. The quantitative estimate of drug-likeness (QED) is 0.512. The molecule has 3 N–H and O–H groups in total. The van der Waals surface area contributed by atoms with Crippen molar-refractivity contribution < 1.29 is 24.6 Å². The highest BCUT2D eigenvalue weighted by atomic mass is 16.4. The van der Waals surface area contributed by atoms with Crippen LogP contribution >= 0.6 is 0 Å². The molecule has 0 saturated heterocycles. The van der Waals surface area contributed by atoms with E-state index in [1.54, 1.807) is 0 Å². The normalized spacial score (nSPS) is 11.7. The minimum atomic E-state index is -1.21. The molecule has 0 aromatic rings. The highest BCUT2D eigenvalue weighted by molar-refractivity contribution is 5.87. The molecule has 0 heterocycles. The van der Waals surface area contributed by atoms with E-state index in [0.717, 1.165) is 4.90 Å². The van der Waals surface area contributed by atoms with E-state index in [1.807, 2.05) is 0 Å². The molecule has 92 valence electrons. The highest BCUT2D eigenvalue weighted by Crippen LogP contribution is 1.92. The van der Waals surface area contributed by atoms with Crippen LogP contribution < -0.4 is 5.32 Å². The van der Waals surface area contributed by atoms with Crippen molar-refractivity contribution in [3.63, 3.8) is 0 Å². The number of amides is 2. The molecule has 0 saturated carbocycles. The summed E-state index contributed by atoms with van der Waals surface area (Å²) in [6, 6.07) is -1.13. The number of carboxylic acids is 1. The van der Waals surface area contributed by atoms with E-state index in [0.29, 0.717) is 0 Å². The molecule has 7 nitrogen and oxygen atoms in total. The van der Waals surface area contributed by atoms with Crippen LogP contribution in [0.5, 0.6) is 0 Å². The Balaban J connectivity index is 4.19. The second kappa shape index (κ2) is 6.78. The van der Waals surface area contributed by atoms with Crippen LogP contribution in [0.15, 0.2) is 0 Å². The number of nitrogens with zero attached hydrogens (tertiary/aromatic N) is 1. The number of hydrogen-bond acceptors (Lipinski definition) is 4. The molecule has 0 aliphatic carbocycles. The summed E-state index contributed by atoms with van der Waals surface area (Å²) in [5, 5.41) is 19.5. The molecule has 7 heteroatoms. The van der Waals surface area contributed by atoms with Gasteiger partial charge in [0.15, 0.2) is 0 Å². The lowest BCUT2D eigenvalue weighted by Gasteiger charge is -2.17. The predicted octanol–water partition coefficient (Wildman–Crippen LogP) is -1.58. The van der Waals surface area contributed by atoms with Gasteiger partial charge >= 0.3 is 5.97 Å². The molecule has 1 atom stereocenters. The van der Waals surface area contributed by atoms with E-state index >= 15 is 0 Å². The fourth-order valence-electron chi connectivity index (χ4n) is 0.953. The largest absolute Gasteiger partial charge is 0.480 e. The van der Waals surface area contributed by atoms with Gasteiger partial charge in [-0.25, -0.2) is 4.79 Å². The molecule has 2 amide bonds. The van der Waals surface area contributed by atoms with Crippen LogP contribution in [0.3, 0.4) is 0 Å². The van der Waals surface area contributed by atoms with Crippen molar-refractivity contribution in [3.05, 3.63) is 0 Å². The average molecular weight is 232 g/mol. The van der Waals surface area contributed by atoms with Crippen LogP contribution in [0, 0.1) is 0 Å². The van der Waals surface area contributed by atoms with Crippen molar-refractivity contribution in [2.24, 2.45) is 0 Å². The van der Waals surface area contributed by atoms with Crippen LogP contribution in [0.2, 0.25) is 0 Å². The van der Waals surface area contributed by atoms with Gasteiger partial charge in [-0.3, -0.25) is 9.59 Å². The van der Waals surface area contributed by atoms with Crippen molar-refractivity contribution in [1.29, 1.82) is 0 Å². The standard InChI is InChI=1S/C9H16N2O5/c1-6(13)11(2)5-8(14)10-7(3-4-12)9(15)16/h7,12H,3-5H2,1-2H3,(H,10,14)(H,15,16)/t7-/m1/s1. The minimum absolute atomic E-state index is 0.0646. The van der Waals surface area contributed by atoms with E-state index in [-0.39, 0.29) is 25.5 Å². The molecule has 16 heavy (non-hydrogen) atoms. The van der Waals surface area contributed by atoms with Crippen LogP contribution in [0.25, 0.3) is 0 Å². The van der Waals surface area contributed by atoms with Crippen molar-refractivity contribution in [2.45, 2.75) is 19.4 Å². The first-order valence-corrected chi connectivity index (χ1v) is 4.73. The number of carbonyl (C=O) groups excluding carboxylic acids is 2. The molecule has 0 aromatic carbocycles. The van der Waals surface area contributed by atoms with Crippen LogP contribution in [-0.2, 0) is 14.4 Å². The maximum Gasteiger partial charge on any atom is 0.326 e. The van der Waals surface area contributed by atoms with Crippen molar-refractivity contribution in [1.82, 2.24) is 10.2 Å². The Bertz CT molecular complexity index is 279. The zero-order valence-corrected chi connectivity index (χ0v) is 9.27. The number of aliphatic hydroxyl groups excluding tert-OH is 1. The Morgan fingerprint density at radius 3 is 2.31 bits per heavy atom. The molecule has 0 spiro atoms. The van der Waals surface area contributed by atoms with E-state index < -0.39 is 17.9 Å². The summed E-state index contributed by atoms with van der Waals surface area (Å²) in [4.78, 5) is 33.9. The molecule has 0 fully saturated rings. The van der Waals surface area contributed by atoms with Crippen LogP contribution in [0.1, 0.15) is 13.3 Å². The topological polar surface area (TPSA) is 107 Å². The van der Waals surface area contributed by atoms with Gasteiger partial charge in [0.1, 0.15) is 6.04 Å². The van der Waals surface area contributed by atoms with Crippen molar-refractivity contribution in [3.8, 4) is 0 Å². The molecule has 0 aliphatic rings. The second-order valence-electron chi connectivity index (χ2n) is 3.35. The molecule has 0 unspecified atom stereocenters. The van der Waals surface area contributed by atoms with Gasteiger partial charge in [0.05, 0.1) is 6.54 Å². The lowest BCUT2D eigenvalue weighted by Crippen LogP contribution is -2.46. The van der Waals surface area contributed by atoms with Gasteiger partial charge in [0.25, 0.3) is 0 Å². The minimum Gasteiger partial charge on any atom is -0.480 e. The summed E-state index contributed by atoms with van der Waals surface area (Å²) in [6.45, 7) is 0.764. The van der Waals surface area contributed by atoms with Crippen LogP contribution in [-0.4, -0.2) is 59.1 Å². The molecular formula is C9H16N2O5. The third-order valence-electron chi connectivity index (χ3n) is 1.97. The maximum atomic E-state index is 11.3. The third kappa shape index (κ3) is 5.30. The first kappa shape index (κ1) is 14.4. The summed E-state index contributed by atoms with van der Waals surface area (Å²) in [6.07, 6.45) is -0.0646. The van der Waals surface area contributed by atoms with Gasteiger partial charge in [-0.15, -0.1) is 0 Å². The smallest absolute Gasteiger partial charge is 0.326 e. The Kier molecular flexibility index (Phi) is 6.09. The van der Waals surface area contributed by atoms with Gasteiger partial charge in [0, 0.05) is 27.0 Å². The van der Waals surface area contributed by atoms with Gasteiger partial charge < -0.3 is 20.4 Å². The lowest BCUT2D eigenvalue weighted by atomic mass is 10.2. The monoisotopic (exact) mass is 232 g/mol. The highest BCUT2D eigenvalue weighted by Gasteiger charge is 2.20. The first-order valence-electron chi connectivity index (χ1n) is 4.73. The van der Waals surface area contributed by atoms with Gasteiger partial charge in [-0.2, -0.15) is 0 Å². The fraction of sp³-hybridized carbons (Fsp3) is 0.667. The van der Waals surface area contributed by atoms with E-state index in [1.165, 1.54) is 14.0 Å². The Labute approximate surface area is 93.0 Å². The molecule has 0 bridgehead atoms. The summed E-state index contributed by atoms with van der Waals surface area (Å²) in [7, 11) is 1.43. The van der Waals surface area contributed by atoms with E-state index in [2.05, 4.69) is 5.32 Å². The summed E-state index contributed by atoms with van der Waals surface area (Å²) >= 11 is 0. The predicted molar refractivity (Wildman–Crippen MR) is 54.6 cm³/mol. The van der Waals surface area contributed by atoms with Crippen molar-refractivity contribution >= 4 is 17.8 Å². The number of likely N-dealkylation sites (N-methyl/N-ethyl adjacent to an activating group) is 1. The summed E-state index contributed by atoms with van der Waals surface area (Å²) in [5.41, 5.74) is 0. The van der Waals surface area contributed by atoms with Gasteiger partial charge in [0.2, 0.25) is 11.8 Å². The number of aliphatic hydroxyl groups is 1. The number of nitrogens with one attached hydrogen (secondary N) is 1. The number of carbonyl (C=O) groups is 3. The zero-order chi connectivity index (χ0) is 12.7. The number of hydrogen-bond donors (Lipinski definition) is 3. The average Bonchev–Trinajstić information content (AvgIpc) is 2.16. The number of rotatable bonds is 6. The Morgan fingerprint density at radius 2 is 1.94 bits per heavy atom. The first-order chi connectivity index (χ1) is 7.38. The van der Waals surface area contributed by atoms with Gasteiger partial charge in [-0.05, 0) is 0 Å². The number of carboxylic acid groups (broad SMARTS) is 1. The lowest BCUT2D eigenvalue weighted by molar-refractivity contribution is -0.142. The number of aliphatic carboxylic acids is 1. The molecule has 0 rings (SSSR count). The molecular weight excluding hydrogens is 216 g/mol. The zero-order valence-electron chi connectivity index (χ0n) is 9.27. The maximum absolute atomic E-state index is 11.3.